The highest BCUT2D eigenvalue weighted by molar-refractivity contribution is 5.82. The Morgan fingerprint density at radius 3 is 2.25 bits per heavy atom. The SMILES string of the molecule is Cc1n[nH]c(C)c1C(C(=O)O)N(C)C(=O)OC(C)(C)C. The molecule has 0 spiro atoms. The number of carbonyl (C=O) groups excluding carboxylic acids is 1. The van der Waals surface area contributed by atoms with Crippen LogP contribution in [0.1, 0.15) is 43.8 Å². The molecule has 1 aromatic heterocycles. The van der Waals surface area contributed by atoms with Crippen LogP contribution in [0, 0.1) is 13.8 Å². The van der Waals surface area contributed by atoms with Gasteiger partial charge in [-0.15, -0.1) is 0 Å². The Morgan fingerprint density at radius 2 is 1.90 bits per heavy atom. The van der Waals surface area contributed by atoms with Crippen LogP contribution >= 0.6 is 0 Å². The van der Waals surface area contributed by atoms with E-state index < -0.39 is 23.7 Å². The van der Waals surface area contributed by atoms with Crippen molar-refractivity contribution in [3.63, 3.8) is 0 Å². The van der Waals surface area contributed by atoms with Gasteiger partial charge in [-0.1, -0.05) is 0 Å². The summed E-state index contributed by atoms with van der Waals surface area (Å²) in [6.45, 7) is 8.58. The lowest BCUT2D eigenvalue weighted by molar-refractivity contribution is -0.143. The maximum atomic E-state index is 12.0. The van der Waals surface area contributed by atoms with Gasteiger partial charge >= 0.3 is 12.1 Å². The molecule has 2 N–H and O–H groups in total. The molecule has 20 heavy (non-hydrogen) atoms. The van der Waals surface area contributed by atoms with Gasteiger partial charge in [0.05, 0.1) is 5.69 Å². The van der Waals surface area contributed by atoms with Crippen molar-refractivity contribution < 1.29 is 19.4 Å². The molecule has 1 atom stereocenters. The fraction of sp³-hybridized carbons (Fsp3) is 0.615. The summed E-state index contributed by atoms with van der Waals surface area (Å²) in [5, 5.41) is 16.1. The Morgan fingerprint density at radius 1 is 1.35 bits per heavy atom. The number of nitrogens with one attached hydrogen (secondary N) is 1. The molecule has 0 aliphatic carbocycles. The molecule has 0 aliphatic rings. The minimum absolute atomic E-state index is 0.478. The van der Waals surface area contributed by atoms with Gasteiger partial charge < -0.3 is 9.84 Å². The number of aryl methyl sites for hydroxylation is 2. The van der Waals surface area contributed by atoms with Crippen LogP contribution in [0.5, 0.6) is 0 Å². The van der Waals surface area contributed by atoms with E-state index in [-0.39, 0.29) is 0 Å². The Balaban J connectivity index is 3.10. The van der Waals surface area contributed by atoms with Gasteiger partial charge in [0, 0.05) is 18.3 Å². The van der Waals surface area contributed by atoms with Gasteiger partial charge in [-0.2, -0.15) is 5.10 Å². The molecule has 7 nitrogen and oxygen atoms in total. The highest BCUT2D eigenvalue weighted by Crippen LogP contribution is 2.26. The molecule has 1 amide bonds. The minimum Gasteiger partial charge on any atom is -0.479 e. The van der Waals surface area contributed by atoms with Gasteiger partial charge in [0.1, 0.15) is 5.60 Å². The van der Waals surface area contributed by atoms with E-state index in [0.717, 1.165) is 4.90 Å². The summed E-state index contributed by atoms with van der Waals surface area (Å²) in [6, 6.07) is -1.14. The zero-order valence-electron chi connectivity index (χ0n) is 12.6. The molecule has 1 unspecified atom stereocenters. The van der Waals surface area contributed by atoms with Gasteiger partial charge in [0.2, 0.25) is 0 Å². The lowest BCUT2D eigenvalue weighted by Gasteiger charge is -2.28. The summed E-state index contributed by atoms with van der Waals surface area (Å²) < 4.78 is 5.20. The Labute approximate surface area is 117 Å². The van der Waals surface area contributed by atoms with Crippen LogP contribution in [0.3, 0.4) is 0 Å². The number of rotatable bonds is 3. The summed E-state index contributed by atoms with van der Waals surface area (Å²) in [5.74, 6) is -1.13. The average Bonchev–Trinajstić information content (AvgIpc) is 2.58. The number of likely N-dealkylation sites (N-methyl/N-ethyl adjacent to an activating group) is 1. The van der Waals surface area contributed by atoms with Crippen molar-refractivity contribution in [3.8, 4) is 0 Å². The number of aromatic amines is 1. The number of amides is 1. The third-order valence-corrected chi connectivity index (χ3v) is 2.76. The minimum atomic E-state index is -1.14. The number of carboxylic acids is 1. The van der Waals surface area contributed by atoms with Crippen LogP contribution < -0.4 is 0 Å². The highest BCUT2D eigenvalue weighted by atomic mass is 16.6. The van der Waals surface area contributed by atoms with Crippen molar-refractivity contribution in [2.75, 3.05) is 7.05 Å². The summed E-state index contributed by atoms with van der Waals surface area (Å²) in [6.07, 6.45) is -0.690. The Bertz CT molecular complexity index is 497. The molecule has 1 heterocycles. The number of carbonyl (C=O) groups is 2. The van der Waals surface area contributed by atoms with E-state index in [1.807, 2.05) is 0 Å². The zero-order valence-corrected chi connectivity index (χ0v) is 12.6. The van der Waals surface area contributed by atoms with E-state index in [0.29, 0.717) is 17.0 Å². The first-order chi connectivity index (χ1) is 9.04. The molecule has 0 aromatic carbocycles. The fourth-order valence-electron chi connectivity index (χ4n) is 1.88. The molecule has 7 heteroatoms. The number of hydrogen-bond acceptors (Lipinski definition) is 4. The predicted octanol–water partition coefficient (Wildman–Crippen LogP) is 2.02. The number of nitrogens with zero attached hydrogens (tertiary/aromatic N) is 2. The lowest BCUT2D eigenvalue weighted by Crippen LogP contribution is -2.40. The summed E-state index contributed by atoms with van der Waals surface area (Å²) in [4.78, 5) is 24.6. The number of H-pyrrole nitrogens is 1. The number of hydrogen-bond donors (Lipinski definition) is 2. The topological polar surface area (TPSA) is 95.5 Å². The second-order valence-corrected chi connectivity index (χ2v) is 5.68. The van der Waals surface area contributed by atoms with E-state index in [4.69, 9.17) is 4.74 Å². The second kappa shape index (κ2) is 5.52. The summed E-state index contributed by atoms with van der Waals surface area (Å²) >= 11 is 0. The number of aliphatic carboxylic acids is 1. The Hall–Kier alpha value is -2.05. The first-order valence-electron chi connectivity index (χ1n) is 6.24. The summed E-state index contributed by atoms with van der Waals surface area (Å²) in [5.41, 5.74) is 0.955. The smallest absolute Gasteiger partial charge is 0.411 e. The molecular weight excluding hydrogens is 262 g/mol. The van der Waals surface area contributed by atoms with Gasteiger partial charge in [0.25, 0.3) is 0 Å². The first kappa shape index (κ1) is 16.0. The normalized spacial score (nSPS) is 12.9. The molecule has 0 aliphatic heterocycles. The molecule has 1 rings (SSSR count). The van der Waals surface area contributed by atoms with Crippen molar-refractivity contribution in [3.05, 3.63) is 17.0 Å². The predicted molar refractivity (Wildman–Crippen MR) is 72.4 cm³/mol. The van der Waals surface area contributed by atoms with Crippen LogP contribution in [0.4, 0.5) is 4.79 Å². The van der Waals surface area contributed by atoms with Crippen molar-refractivity contribution >= 4 is 12.1 Å². The van der Waals surface area contributed by atoms with Crippen LogP contribution in [-0.4, -0.2) is 44.9 Å². The van der Waals surface area contributed by atoms with Crippen LogP contribution in [0.25, 0.3) is 0 Å². The fourth-order valence-corrected chi connectivity index (χ4v) is 1.88. The molecule has 0 bridgehead atoms. The van der Waals surface area contributed by atoms with E-state index in [9.17, 15) is 14.7 Å². The molecule has 0 radical (unpaired) electrons. The highest BCUT2D eigenvalue weighted by Gasteiger charge is 2.34. The molecule has 0 fully saturated rings. The van der Waals surface area contributed by atoms with Crippen molar-refractivity contribution in [1.82, 2.24) is 15.1 Å². The number of ether oxygens (including phenoxy) is 1. The van der Waals surface area contributed by atoms with Crippen LogP contribution in [-0.2, 0) is 9.53 Å². The quantitative estimate of drug-likeness (QED) is 0.884. The third kappa shape index (κ3) is 3.49. The largest absolute Gasteiger partial charge is 0.479 e. The lowest BCUT2D eigenvalue weighted by atomic mass is 10.0. The van der Waals surface area contributed by atoms with E-state index in [2.05, 4.69) is 10.2 Å². The maximum absolute atomic E-state index is 12.0. The zero-order chi connectivity index (χ0) is 15.7. The monoisotopic (exact) mass is 283 g/mol. The van der Waals surface area contributed by atoms with Gasteiger partial charge in [0.15, 0.2) is 6.04 Å². The molecular formula is C13H21N3O4. The van der Waals surface area contributed by atoms with Crippen molar-refractivity contribution in [1.29, 1.82) is 0 Å². The van der Waals surface area contributed by atoms with Crippen LogP contribution in [0.15, 0.2) is 0 Å². The third-order valence-electron chi connectivity index (χ3n) is 2.76. The number of carboxylic acid groups (broad SMARTS) is 1. The first-order valence-corrected chi connectivity index (χ1v) is 6.24. The van der Waals surface area contributed by atoms with E-state index >= 15 is 0 Å². The number of aromatic nitrogens is 2. The Kier molecular flexibility index (Phi) is 4.42. The van der Waals surface area contributed by atoms with Gasteiger partial charge in [-0.3, -0.25) is 10.00 Å². The van der Waals surface area contributed by atoms with E-state index in [1.54, 1.807) is 34.6 Å². The molecule has 112 valence electrons. The average molecular weight is 283 g/mol. The molecule has 0 saturated carbocycles. The molecule has 1 aromatic rings. The van der Waals surface area contributed by atoms with E-state index in [1.165, 1.54) is 7.05 Å². The second-order valence-electron chi connectivity index (χ2n) is 5.68. The van der Waals surface area contributed by atoms with Crippen molar-refractivity contribution in [2.24, 2.45) is 0 Å². The molecule has 0 saturated heterocycles. The summed E-state index contributed by atoms with van der Waals surface area (Å²) in [7, 11) is 1.40. The van der Waals surface area contributed by atoms with Gasteiger partial charge in [-0.25, -0.2) is 9.59 Å². The standard InChI is InChI=1S/C13H21N3O4/c1-7-9(8(2)15-14-7)10(11(17)18)16(6)12(19)20-13(3,4)5/h10H,1-6H3,(H,14,15)(H,17,18). The van der Waals surface area contributed by atoms with Crippen molar-refractivity contribution in [2.45, 2.75) is 46.3 Å². The van der Waals surface area contributed by atoms with Crippen LogP contribution in [0.2, 0.25) is 0 Å². The maximum Gasteiger partial charge on any atom is 0.411 e. The van der Waals surface area contributed by atoms with Gasteiger partial charge in [-0.05, 0) is 34.6 Å².